The Balaban J connectivity index is 1.94. The number of pyridine rings is 1. The fourth-order valence-corrected chi connectivity index (χ4v) is 14.8. The van der Waals surface area contributed by atoms with Gasteiger partial charge in [-0.1, -0.05) is 36.4 Å². The molecule has 0 saturated heterocycles. The first-order valence-electron chi connectivity index (χ1n) is 9.60. The van der Waals surface area contributed by atoms with E-state index in [0.29, 0.717) is 0 Å². The Hall–Kier alpha value is -2.35. The molecule has 28 heavy (non-hydrogen) atoms. The van der Waals surface area contributed by atoms with Crippen molar-refractivity contribution >= 4 is 48.8 Å². The van der Waals surface area contributed by atoms with Gasteiger partial charge in [0, 0.05) is 16.3 Å². The number of hydrogen-bond acceptors (Lipinski definition) is 2. The summed E-state index contributed by atoms with van der Waals surface area (Å²) in [5.41, 5.74) is 4.09. The van der Waals surface area contributed by atoms with Crippen molar-refractivity contribution in [2.45, 2.75) is 26.2 Å². The molecule has 0 aliphatic carbocycles. The molecule has 1 aliphatic rings. The molecule has 0 atom stereocenters. The van der Waals surface area contributed by atoms with Crippen LogP contribution in [0.25, 0.3) is 32.9 Å². The van der Waals surface area contributed by atoms with E-state index in [-0.39, 0.29) is 5.82 Å². The van der Waals surface area contributed by atoms with Crippen molar-refractivity contribution in [3.63, 3.8) is 0 Å². The van der Waals surface area contributed by atoms with E-state index in [1.54, 1.807) is 0 Å². The summed E-state index contributed by atoms with van der Waals surface area (Å²) in [4.78, 5) is 4.98. The lowest BCUT2D eigenvalue weighted by Crippen LogP contribution is -2.44. The lowest BCUT2D eigenvalue weighted by Gasteiger charge is -2.22. The van der Waals surface area contributed by atoms with E-state index in [9.17, 15) is 4.39 Å². The zero-order valence-corrected chi connectivity index (χ0v) is 18.5. The molecule has 4 aromatic rings. The van der Waals surface area contributed by atoms with Crippen LogP contribution in [0.1, 0.15) is 0 Å². The van der Waals surface area contributed by atoms with Crippen LogP contribution in [0.3, 0.4) is 0 Å². The minimum Gasteiger partial charge on any atom is -0.449 e. The third-order valence-corrected chi connectivity index (χ3v) is 13.5. The van der Waals surface area contributed by atoms with E-state index >= 15 is 0 Å². The van der Waals surface area contributed by atoms with Gasteiger partial charge in [0.15, 0.2) is 0 Å². The number of para-hydroxylation sites is 1. The largest absolute Gasteiger partial charge is 0.449 e. The van der Waals surface area contributed by atoms with Crippen LogP contribution in [0.2, 0.25) is 26.2 Å². The molecule has 1 aromatic heterocycles. The van der Waals surface area contributed by atoms with Crippen LogP contribution in [0.4, 0.5) is 4.39 Å². The monoisotopic (exact) mass is 403 g/mol. The summed E-state index contributed by atoms with van der Waals surface area (Å²) < 4.78 is 20.2. The molecule has 0 bridgehead atoms. The first-order chi connectivity index (χ1) is 13.3. The van der Waals surface area contributed by atoms with Gasteiger partial charge in [-0.15, -0.1) is 0 Å². The van der Waals surface area contributed by atoms with Crippen molar-refractivity contribution in [3.05, 3.63) is 66.5 Å². The average molecular weight is 404 g/mol. The number of hydrogen-bond donors (Lipinski definition) is 0. The lowest BCUT2D eigenvalue weighted by molar-refractivity contribution is 0.583. The molecular weight excluding hydrogens is 381 g/mol. The first-order valence-corrected chi connectivity index (χ1v) is 15.4. The summed E-state index contributed by atoms with van der Waals surface area (Å²) >= 11 is 0. The average Bonchev–Trinajstić information content (AvgIpc) is 2.83. The molecule has 0 amide bonds. The first kappa shape index (κ1) is 17.7. The van der Waals surface area contributed by atoms with Crippen LogP contribution in [0.15, 0.2) is 60.7 Å². The Morgan fingerprint density at radius 2 is 1.39 bits per heavy atom. The standard InChI is InChI=1S/C23H22FNOSi2/c1-27(2)21-13-18-20(14-22(21)28(3,4)26-27)25-19-8-6-5-7-17(19)23(18)15-9-11-16(24)12-10-15/h5-14H,1-4H3. The van der Waals surface area contributed by atoms with E-state index < -0.39 is 16.6 Å². The second kappa shape index (κ2) is 5.83. The molecule has 2 nitrogen and oxygen atoms in total. The molecule has 5 heteroatoms. The van der Waals surface area contributed by atoms with Crippen LogP contribution in [-0.4, -0.2) is 21.6 Å². The molecule has 5 rings (SSSR count). The Labute approximate surface area is 166 Å². The Morgan fingerprint density at radius 1 is 0.750 bits per heavy atom. The van der Waals surface area contributed by atoms with Crippen molar-refractivity contribution in [3.8, 4) is 11.1 Å². The molecular formula is C23H22FNOSi2. The predicted octanol–water partition coefficient (Wildman–Crippen LogP) is 5.05. The summed E-state index contributed by atoms with van der Waals surface area (Å²) in [6.07, 6.45) is 0. The summed E-state index contributed by atoms with van der Waals surface area (Å²) in [7, 11) is -3.85. The van der Waals surface area contributed by atoms with E-state index in [4.69, 9.17) is 9.10 Å². The van der Waals surface area contributed by atoms with Gasteiger partial charge in [0.1, 0.15) is 5.82 Å². The van der Waals surface area contributed by atoms with Crippen LogP contribution >= 0.6 is 0 Å². The molecule has 140 valence electrons. The van der Waals surface area contributed by atoms with Crippen molar-refractivity contribution in [1.29, 1.82) is 0 Å². The van der Waals surface area contributed by atoms with Gasteiger partial charge in [-0.2, -0.15) is 0 Å². The number of aromatic nitrogens is 1. The summed E-state index contributed by atoms with van der Waals surface area (Å²) in [6, 6.07) is 19.6. The van der Waals surface area contributed by atoms with Crippen molar-refractivity contribution < 1.29 is 8.51 Å². The van der Waals surface area contributed by atoms with Gasteiger partial charge in [-0.05, 0) is 66.4 Å². The summed E-state index contributed by atoms with van der Waals surface area (Å²) in [5, 5.41) is 4.98. The minimum atomic E-state index is -1.94. The van der Waals surface area contributed by atoms with Gasteiger partial charge >= 0.3 is 0 Å². The third-order valence-electron chi connectivity index (χ3n) is 5.76. The molecule has 0 saturated carbocycles. The molecule has 0 spiro atoms. The van der Waals surface area contributed by atoms with Crippen LogP contribution < -0.4 is 10.4 Å². The van der Waals surface area contributed by atoms with E-state index in [0.717, 1.165) is 32.9 Å². The third kappa shape index (κ3) is 2.58. The van der Waals surface area contributed by atoms with Gasteiger partial charge < -0.3 is 4.12 Å². The van der Waals surface area contributed by atoms with Gasteiger partial charge in [0.05, 0.1) is 11.0 Å². The highest BCUT2D eigenvalue weighted by atomic mass is 28.4. The highest BCUT2D eigenvalue weighted by molar-refractivity contribution is 7.06. The second-order valence-corrected chi connectivity index (χ2v) is 16.5. The van der Waals surface area contributed by atoms with Crippen LogP contribution in [0.5, 0.6) is 0 Å². The van der Waals surface area contributed by atoms with Gasteiger partial charge in [-0.25, -0.2) is 9.37 Å². The quantitative estimate of drug-likeness (QED) is 0.328. The highest BCUT2D eigenvalue weighted by Gasteiger charge is 2.46. The SMILES string of the molecule is C[Si]1(C)O[Si](C)(C)c2cc3c(-c4ccc(F)cc4)c4ccccc4nc3cc21. The minimum absolute atomic E-state index is 0.220. The second-order valence-electron chi connectivity index (χ2n) is 8.55. The summed E-state index contributed by atoms with van der Waals surface area (Å²) in [6.45, 7) is 9.12. The Bertz CT molecular complexity index is 1250. The molecule has 0 unspecified atom stereocenters. The van der Waals surface area contributed by atoms with Crippen molar-refractivity contribution in [1.82, 2.24) is 4.98 Å². The van der Waals surface area contributed by atoms with Gasteiger partial charge in [-0.3, -0.25) is 0 Å². The highest BCUT2D eigenvalue weighted by Crippen LogP contribution is 2.35. The molecule has 0 N–H and O–H groups in total. The van der Waals surface area contributed by atoms with E-state index in [1.165, 1.54) is 22.5 Å². The fourth-order valence-electron chi connectivity index (χ4n) is 4.61. The fraction of sp³-hybridized carbons (Fsp3) is 0.174. The topological polar surface area (TPSA) is 22.1 Å². The molecule has 1 aliphatic heterocycles. The van der Waals surface area contributed by atoms with Crippen LogP contribution in [0, 0.1) is 5.82 Å². The Morgan fingerprint density at radius 3 is 2.11 bits per heavy atom. The van der Waals surface area contributed by atoms with Crippen LogP contribution in [-0.2, 0) is 4.12 Å². The van der Waals surface area contributed by atoms with E-state index in [1.807, 2.05) is 30.3 Å². The maximum Gasteiger partial charge on any atom is 0.206 e. The lowest BCUT2D eigenvalue weighted by atomic mass is 9.96. The van der Waals surface area contributed by atoms with Gasteiger partial charge in [0.2, 0.25) is 16.6 Å². The Kier molecular flexibility index (Phi) is 3.69. The number of nitrogens with zero attached hydrogens (tertiary/aromatic N) is 1. The number of halogens is 1. The van der Waals surface area contributed by atoms with Gasteiger partial charge in [0.25, 0.3) is 0 Å². The summed E-state index contributed by atoms with van der Waals surface area (Å²) in [5.74, 6) is -0.220. The maximum atomic E-state index is 13.6. The number of rotatable bonds is 1. The molecule has 3 aromatic carbocycles. The molecule has 2 heterocycles. The molecule has 0 fully saturated rings. The normalized spacial score (nSPS) is 17.2. The van der Waals surface area contributed by atoms with E-state index in [2.05, 4.69) is 44.4 Å². The number of benzene rings is 3. The van der Waals surface area contributed by atoms with Crippen molar-refractivity contribution in [2.24, 2.45) is 0 Å². The zero-order chi connectivity index (χ0) is 19.7. The zero-order valence-electron chi connectivity index (χ0n) is 16.5. The smallest absolute Gasteiger partial charge is 0.206 e. The van der Waals surface area contributed by atoms with Crippen molar-refractivity contribution in [2.75, 3.05) is 0 Å². The molecule has 0 radical (unpaired) electrons. The predicted molar refractivity (Wildman–Crippen MR) is 120 cm³/mol. The number of fused-ring (bicyclic) bond motifs is 3. The maximum absolute atomic E-state index is 13.6.